The molecule has 0 saturated carbocycles. The molecule has 0 aliphatic heterocycles. The van der Waals surface area contributed by atoms with E-state index in [2.05, 4.69) is 15.2 Å². The fraction of sp³-hybridized carbons (Fsp3) is 0.0909. The van der Waals surface area contributed by atoms with Crippen LogP contribution in [0.1, 0.15) is 16.2 Å². The SMILES string of the molecule is Cc1cc(C(=O)Nc2cccc(NS(N)(=O)=O)c2)no1. The van der Waals surface area contributed by atoms with Crippen molar-refractivity contribution in [2.75, 3.05) is 10.0 Å². The fourth-order valence-corrected chi connectivity index (χ4v) is 1.95. The molecule has 0 spiro atoms. The zero-order valence-corrected chi connectivity index (χ0v) is 11.3. The second kappa shape index (κ2) is 5.31. The number of hydrogen-bond donors (Lipinski definition) is 3. The van der Waals surface area contributed by atoms with E-state index in [9.17, 15) is 13.2 Å². The Bertz CT molecular complexity index is 738. The summed E-state index contributed by atoms with van der Waals surface area (Å²) in [5, 5.41) is 11.0. The van der Waals surface area contributed by atoms with Crippen molar-refractivity contribution < 1.29 is 17.7 Å². The first-order valence-corrected chi connectivity index (χ1v) is 7.03. The Kier molecular flexibility index (Phi) is 3.72. The molecule has 1 aromatic carbocycles. The molecule has 1 amide bonds. The lowest BCUT2D eigenvalue weighted by molar-refractivity contribution is 0.101. The first-order chi connectivity index (χ1) is 9.33. The summed E-state index contributed by atoms with van der Waals surface area (Å²) >= 11 is 0. The van der Waals surface area contributed by atoms with E-state index in [0.717, 1.165) is 0 Å². The lowest BCUT2D eigenvalue weighted by atomic mass is 10.2. The Morgan fingerprint density at radius 1 is 1.30 bits per heavy atom. The van der Waals surface area contributed by atoms with Gasteiger partial charge in [0.05, 0.1) is 5.69 Å². The van der Waals surface area contributed by atoms with Crippen molar-refractivity contribution in [2.24, 2.45) is 5.14 Å². The highest BCUT2D eigenvalue weighted by molar-refractivity contribution is 7.90. The summed E-state index contributed by atoms with van der Waals surface area (Å²) in [6.07, 6.45) is 0. The molecule has 0 atom stereocenters. The number of anilines is 2. The van der Waals surface area contributed by atoms with Crippen molar-refractivity contribution in [3.8, 4) is 0 Å². The molecule has 0 saturated heterocycles. The molecule has 2 aromatic rings. The second-order valence-corrected chi connectivity index (χ2v) is 5.30. The number of rotatable bonds is 4. The number of carbonyl (C=O) groups excluding carboxylic acids is 1. The predicted octanol–water partition coefficient (Wildman–Crippen LogP) is 0.851. The van der Waals surface area contributed by atoms with E-state index in [1.165, 1.54) is 18.2 Å². The average Bonchev–Trinajstić information content (AvgIpc) is 2.74. The van der Waals surface area contributed by atoms with Crippen LogP contribution in [0.25, 0.3) is 0 Å². The predicted molar refractivity (Wildman–Crippen MR) is 72.4 cm³/mol. The van der Waals surface area contributed by atoms with Crippen LogP contribution in [0.5, 0.6) is 0 Å². The second-order valence-electron chi connectivity index (χ2n) is 4.00. The van der Waals surface area contributed by atoms with E-state index in [0.29, 0.717) is 11.4 Å². The maximum atomic E-state index is 11.8. The Balaban J connectivity index is 2.14. The van der Waals surface area contributed by atoms with Crippen LogP contribution in [-0.4, -0.2) is 19.5 Å². The Morgan fingerprint density at radius 3 is 2.60 bits per heavy atom. The van der Waals surface area contributed by atoms with E-state index in [4.69, 9.17) is 9.66 Å². The highest BCUT2D eigenvalue weighted by Crippen LogP contribution is 2.16. The van der Waals surface area contributed by atoms with Gasteiger partial charge in [-0.3, -0.25) is 9.52 Å². The lowest BCUT2D eigenvalue weighted by Gasteiger charge is -2.07. The standard InChI is InChI=1S/C11H12N4O4S/c1-7-5-10(14-19-7)11(16)13-8-3-2-4-9(6-8)15-20(12,17)18/h2-6,15H,1H3,(H,13,16)(H2,12,17,18). The van der Waals surface area contributed by atoms with Crippen LogP contribution in [0.2, 0.25) is 0 Å². The van der Waals surface area contributed by atoms with Crippen molar-refractivity contribution in [1.29, 1.82) is 0 Å². The summed E-state index contributed by atoms with van der Waals surface area (Å²) in [6, 6.07) is 7.58. The van der Waals surface area contributed by atoms with E-state index in [-0.39, 0.29) is 11.4 Å². The van der Waals surface area contributed by atoms with Crippen LogP contribution < -0.4 is 15.2 Å². The van der Waals surface area contributed by atoms with Crippen molar-refractivity contribution in [3.63, 3.8) is 0 Å². The van der Waals surface area contributed by atoms with Gasteiger partial charge in [-0.2, -0.15) is 8.42 Å². The maximum Gasteiger partial charge on any atom is 0.296 e. The summed E-state index contributed by atoms with van der Waals surface area (Å²) in [4.78, 5) is 11.8. The first kappa shape index (κ1) is 14.0. The molecule has 2 rings (SSSR count). The van der Waals surface area contributed by atoms with Crippen molar-refractivity contribution >= 4 is 27.5 Å². The summed E-state index contributed by atoms with van der Waals surface area (Å²) in [5.41, 5.74) is 0.762. The van der Waals surface area contributed by atoms with Crippen molar-refractivity contribution in [2.45, 2.75) is 6.92 Å². The zero-order chi connectivity index (χ0) is 14.8. The first-order valence-electron chi connectivity index (χ1n) is 5.49. The monoisotopic (exact) mass is 296 g/mol. The van der Waals surface area contributed by atoms with Crippen molar-refractivity contribution in [3.05, 3.63) is 41.8 Å². The molecule has 0 bridgehead atoms. The van der Waals surface area contributed by atoms with Gasteiger partial charge in [0.1, 0.15) is 5.76 Å². The molecule has 1 heterocycles. The van der Waals surface area contributed by atoms with Gasteiger partial charge in [-0.25, -0.2) is 5.14 Å². The van der Waals surface area contributed by atoms with Crippen LogP contribution in [-0.2, 0) is 10.2 Å². The van der Waals surface area contributed by atoms with E-state index < -0.39 is 16.1 Å². The maximum absolute atomic E-state index is 11.8. The molecule has 0 aliphatic rings. The number of hydrogen-bond acceptors (Lipinski definition) is 5. The van der Waals surface area contributed by atoms with Gasteiger partial charge in [0, 0.05) is 11.8 Å². The highest BCUT2D eigenvalue weighted by Gasteiger charge is 2.11. The zero-order valence-electron chi connectivity index (χ0n) is 10.5. The Hall–Kier alpha value is -2.39. The molecule has 0 unspecified atom stereocenters. The topological polar surface area (TPSA) is 127 Å². The van der Waals surface area contributed by atoms with Gasteiger partial charge in [0.25, 0.3) is 16.1 Å². The van der Waals surface area contributed by atoms with Gasteiger partial charge in [-0.1, -0.05) is 11.2 Å². The summed E-state index contributed by atoms with van der Waals surface area (Å²) in [6.45, 7) is 1.67. The molecule has 0 radical (unpaired) electrons. The number of nitrogens with zero attached hydrogens (tertiary/aromatic N) is 1. The van der Waals surface area contributed by atoms with Crippen LogP contribution in [0.4, 0.5) is 11.4 Å². The average molecular weight is 296 g/mol. The molecule has 4 N–H and O–H groups in total. The van der Waals surface area contributed by atoms with Crippen LogP contribution >= 0.6 is 0 Å². The minimum absolute atomic E-state index is 0.132. The minimum Gasteiger partial charge on any atom is -0.361 e. The highest BCUT2D eigenvalue weighted by atomic mass is 32.2. The summed E-state index contributed by atoms with van der Waals surface area (Å²) < 4.78 is 28.7. The van der Waals surface area contributed by atoms with Gasteiger partial charge in [0.2, 0.25) is 0 Å². The molecule has 8 nitrogen and oxygen atoms in total. The third kappa shape index (κ3) is 3.80. The summed E-state index contributed by atoms with van der Waals surface area (Å²) in [7, 11) is -3.86. The van der Waals surface area contributed by atoms with Crippen molar-refractivity contribution in [1.82, 2.24) is 5.16 Å². The molecular formula is C11H12N4O4S. The number of amides is 1. The van der Waals surface area contributed by atoms with Gasteiger partial charge < -0.3 is 9.84 Å². The van der Waals surface area contributed by atoms with E-state index >= 15 is 0 Å². The number of carbonyl (C=O) groups is 1. The molecule has 1 aromatic heterocycles. The number of nitrogens with one attached hydrogen (secondary N) is 2. The molecule has 0 aliphatic carbocycles. The number of nitrogens with two attached hydrogens (primary N) is 1. The molecule has 0 fully saturated rings. The quantitative estimate of drug-likeness (QED) is 0.770. The Labute approximate surface area is 115 Å². The number of benzene rings is 1. The molecule has 9 heteroatoms. The lowest BCUT2D eigenvalue weighted by Crippen LogP contribution is -2.21. The molecule has 20 heavy (non-hydrogen) atoms. The van der Waals surface area contributed by atoms with Gasteiger partial charge >= 0.3 is 0 Å². The molecular weight excluding hydrogens is 284 g/mol. The smallest absolute Gasteiger partial charge is 0.296 e. The largest absolute Gasteiger partial charge is 0.361 e. The van der Waals surface area contributed by atoms with Crippen LogP contribution in [0, 0.1) is 6.92 Å². The minimum atomic E-state index is -3.86. The fourth-order valence-electron chi connectivity index (χ4n) is 1.49. The van der Waals surface area contributed by atoms with Crippen LogP contribution in [0.3, 0.4) is 0 Å². The van der Waals surface area contributed by atoms with Gasteiger partial charge in [-0.15, -0.1) is 0 Å². The molecule has 106 valence electrons. The third-order valence-electron chi connectivity index (χ3n) is 2.24. The van der Waals surface area contributed by atoms with Gasteiger partial charge in [0.15, 0.2) is 5.69 Å². The van der Waals surface area contributed by atoms with E-state index in [1.54, 1.807) is 19.1 Å². The van der Waals surface area contributed by atoms with Crippen LogP contribution in [0.15, 0.2) is 34.9 Å². The number of aromatic nitrogens is 1. The normalized spacial score (nSPS) is 11.1. The van der Waals surface area contributed by atoms with E-state index in [1.807, 2.05) is 0 Å². The summed E-state index contributed by atoms with van der Waals surface area (Å²) in [5.74, 6) is 0.0504. The van der Waals surface area contributed by atoms with Gasteiger partial charge in [-0.05, 0) is 25.1 Å². The Morgan fingerprint density at radius 2 is 2.00 bits per heavy atom. The third-order valence-corrected chi connectivity index (χ3v) is 2.76. The number of aryl methyl sites for hydroxylation is 1.